The topological polar surface area (TPSA) is 97.2 Å². The zero-order valence-corrected chi connectivity index (χ0v) is 16.1. The molecule has 1 aliphatic rings. The number of morpholine rings is 1. The molecule has 1 aromatic carbocycles. The predicted octanol–water partition coefficient (Wildman–Crippen LogP) is 1.50. The Morgan fingerprint density at radius 2 is 2.11 bits per heavy atom. The molecule has 9 heteroatoms. The van der Waals surface area contributed by atoms with Crippen molar-refractivity contribution in [1.29, 1.82) is 0 Å². The molecule has 27 heavy (non-hydrogen) atoms. The zero-order valence-electron chi connectivity index (χ0n) is 16.1. The Bertz CT molecular complexity index is 773. The summed E-state index contributed by atoms with van der Waals surface area (Å²) in [6, 6.07) is 7.24. The molecule has 2 amide bonds. The Morgan fingerprint density at radius 3 is 2.78 bits per heavy atom. The average molecular weight is 373 g/mol. The fourth-order valence-electron chi connectivity index (χ4n) is 3.22. The van der Waals surface area contributed by atoms with Gasteiger partial charge in [-0.15, -0.1) is 5.10 Å². The van der Waals surface area contributed by atoms with Crippen LogP contribution < -0.4 is 10.6 Å². The molecule has 0 bridgehead atoms. The number of tetrazole rings is 1. The number of urea groups is 1. The molecular formula is C18H27N7O2. The summed E-state index contributed by atoms with van der Waals surface area (Å²) in [5.74, 6) is 0.643. The van der Waals surface area contributed by atoms with Gasteiger partial charge in [-0.2, -0.15) is 0 Å². The second-order valence-electron chi connectivity index (χ2n) is 6.96. The molecule has 1 atom stereocenters. The van der Waals surface area contributed by atoms with E-state index in [0.717, 1.165) is 38.3 Å². The van der Waals surface area contributed by atoms with E-state index in [1.807, 2.05) is 24.3 Å². The standard InChI is InChI=1S/C18H27N7O2/c1-4-18(2,25-8-10-27-11-9-25)13-19-17(26)20-15-7-5-6-14(12-15)16-21-22-23-24(16)3/h5-7,12H,4,8-11,13H2,1-3H3,(H2,19,20,26)/t18-/m1/s1. The first-order valence-electron chi connectivity index (χ1n) is 9.22. The molecule has 9 nitrogen and oxygen atoms in total. The third-order valence-corrected chi connectivity index (χ3v) is 5.16. The quantitative estimate of drug-likeness (QED) is 0.796. The lowest BCUT2D eigenvalue weighted by Gasteiger charge is -2.43. The molecule has 0 radical (unpaired) electrons. The second-order valence-corrected chi connectivity index (χ2v) is 6.96. The molecule has 0 unspecified atom stereocenters. The van der Waals surface area contributed by atoms with Crippen molar-refractivity contribution in [3.8, 4) is 11.4 Å². The van der Waals surface area contributed by atoms with Gasteiger partial charge in [0, 0.05) is 43.5 Å². The second kappa shape index (κ2) is 8.45. The van der Waals surface area contributed by atoms with Crippen LogP contribution in [0.2, 0.25) is 0 Å². The monoisotopic (exact) mass is 373 g/mol. The SMILES string of the molecule is CC[C@](C)(CNC(=O)Nc1cccc(-c2nnnn2C)c1)N1CCOCC1. The van der Waals surface area contributed by atoms with E-state index in [2.05, 4.69) is 44.9 Å². The molecule has 2 N–H and O–H groups in total. The number of carbonyl (C=O) groups excluding carboxylic acids is 1. The van der Waals surface area contributed by atoms with Gasteiger partial charge in [0.2, 0.25) is 0 Å². The fourth-order valence-corrected chi connectivity index (χ4v) is 3.22. The molecule has 1 aliphatic heterocycles. The Kier molecular flexibility index (Phi) is 6.02. The summed E-state index contributed by atoms with van der Waals surface area (Å²) in [6.07, 6.45) is 0.946. The smallest absolute Gasteiger partial charge is 0.319 e. The average Bonchev–Trinajstić information content (AvgIpc) is 3.13. The van der Waals surface area contributed by atoms with Gasteiger partial charge in [0.25, 0.3) is 0 Å². The Hall–Kier alpha value is -2.52. The molecule has 2 heterocycles. The Morgan fingerprint density at radius 1 is 1.33 bits per heavy atom. The van der Waals surface area contributed by atoms with Gasteiger partial charge in [-0.05, 0) is 35.9 Å². The van der Waals surface area contributed by atoms with Crippen LogP contribution in [-0.4, -0.2) is 69.5 Å². The number of carbonyl (C=O) groups is 1. The number of nitrogens with zero attached hydrogens (tertiary/aromatic N) is 5. The van der Waals surface area contributed by atoms with Crippen LogP contribution in [0.5, 0.6) is 0 Å². The number of aromatic nitrogens is 4. The minimum atomic E-state index is -0.226. The largest absolute Gasteiger partial charge is 0.379 e. The number of aryl methyl sites for hydroxylation is 1. The van der Waals surface area contributed by atoms with Crippen molar-refractivity contribution < 1.29 is 9.53 Å². The maximum atomic E-state index is 12.4. The highest BCUT2D eigenvalue weighted by Gasteiger charge is 2.31. The summed E-state index contributed by atoms with van der Waals surface area (Å²) >= 11 is 0. The Labute approximate surface area is 159 Å². The number of nitrogens with one attached hydrogen (secondary N) is 2. The number of anilines is 1. The minimum Gasteiger partial charge on any atom is -0.379 e. The van der Waals surface area contributed by atoms with Crippen molar-refractivity contribution >= 4 is 11.7 Å². The predicted molar refractivity (Wildman–Crippen MR) is 102 cm³/mol. The lowest BCUT2D eigenvalue weighted by Crippen LogP contribution is -2.57. The molecule has 0 saturated carbocycles. The first-order valence-corrected chi connectivity index (χ1v) is 9.22. The van der Waals surface area contributed by atoms with Gasteiger partial charge in [-0.3, -0.25) is 4.90 Å². The maximum absolute atomic E-state index is 12.4. The van der Waals surface area contributed by atoms with E-state index in [9.17, 15) is 4.79 Å². The van der Waals surface area contributed by atoms with Gasteiger partial charge in [-0.1, -0.05) is 19.1 Å². The van der Waals surface area contributed by atoms with Crippen molar-refractivity contribution in [2.75, 3.05) is 38.2 Å². The number of ether oxygens (including phenoxy) is 1. The molecule has 146 valence electrons. The van der Waals surface area contributed by atoms with E-state index in [4.69, 9.17) is 4.74 Å². The van der Waals surface area contributed by atoms with E-state index in [-0.39, 0.29) is 11.6 Å². The van der Waals surface area contributed by atoms with Crippen LogP contribution in [0.15, 0.2) is 24.3 Å². The highest BCUT2D eigenvalue weighted by atomic mass is 16.5. The highest BCUT2D eigenvalue weighted by molar-refractivity contribution is 5.90. The van der Waals surface area contributed by atoms with Crippen LogP contribution in [0, 0.1) is 0 Å². The first kappa shape index (κ1) is 19.2. The molecule has 0 spiro atoms. The van der Waals surface area contributed by atoms with E-state index >= 15 is 0 Å². The number of benzene rings is 1. The fraction of sp³-hybridized carbons (Fsp3) is 0.556. The summed E-state index contributed by atoms with van der Waals surface area (Å²) in [7, 11) is 1.78. The lowest BCUT2D eigenvalue weighted by atomic mass is 9.95. The van der Waals surface area contributed by atoms with Crippen molar-refractivity contribution in [3.63, 3.8) is 0 Å². The third-order valence-electron chi connectivity index (χ3n) is 5.16. The molecular weight excluding hydrogens is 346 g/mol. The molecule has 2 aromatic rings. The lowest BCUT2D eigenvalue weighted by molar-refractivity contribution is -0.0163. The molecule has 1 saturated heterocycles. The van der Waals surface area contributed by atoms with Crippen molar-refractivity contribution in [3.05, 3.63) is 24.3 Å². The molecule has 1 fully saturated rings. The molecule has 0 aliphatic carbocycles. The van der Waals surface area contributed by atoms with Crippen molar-refractivity contribution in [1.82, 2.24) is 30.4 Å². The molecule has 1 aromatic heterocycles. The van der Waals surface area contributed by atoms with Crippen LogP contribution in [0.1, 0.15) is 20.3 Å². The van der Waals surface area contributed by atoms with Gasteiger partial charge in [0.05, 0.1) is 13.2 Å². The number of amides is 2. The van der Waals surface area contributed by atoms with Crippen LogP contribution in [0.3, 0.4) is 0 Å². The summed E-state index contributed by atoms with van der Waals surface area (Å²) in [5.41, 5.74) is 1.44. The summed E-state index contributed by atoms with van der Waals surface area (Å²) < 4.78 is 7.03. The maximum Gasteiger partial charge on any atom is 0.319 e. The first-order chi connectivity index (χ1) is 13.0. The number of hydrogen-bond acceptors (Lipinski definition) is 6. The van der Waals surface area contributed by atoms with Gasteiger partial charge in [-0.25, -0.2) is 9.48 Å². The third kappa shape index (κ3) is 4.61. The summed E-state index contributed by atoms with van der Waals surface area (Å²) in [6.45, 7) is 8.16. The molecule has 3 rings (SSSR count). The summed E-state index contributed by atoms with van der Waals surface area (Å²) in [5, 5.41) is 17.4. The van der Waals surface area contributed by atoms with Crippen LogP contribution >= 0.6 is 0 Å². The van der Waals surface area contributed by atoms with Gasteiger partial charge < -0.3 is 15.4 Å². The van der Waals surface area contributed by atoms with Crippen LogP contribution in [0.25, 0.3) is 11.4 Å². The number of rotatable bonds is 6. The van der Waals surface area contributed by atoms with E-state index in [1.54, 1.807) is 11.7 Å². The minimum absolute atomic E-state index is 0.0900. The van der Waals surface area contributed by atoms with Crippen molar-refractivity contribution in [2.45, 2.75) is 25.8 Å². The normalized spacial score (nSPS) is 17.3. The van der Waals surface area contributed by atoms with Crippen LogP contribution in [0.4, 0.5) is 10.5 Å². The van der Waals surface area contributed by atoms with Gasteiger partial charge in [0.1, 0.15) is 0 Å². The van der Waals surface area contributed by atoms with Gasteiger partial charge >= 0.3 is 6.03 Å². The number of hydrogen-bond donors (Lipinski definition) is 2. The van der Waals surface area contributed by atoms with E-state index in [0.29, 0.717) is 18.1 Å². The van der Waals surface area contributed by atoms with Crippen molar-refractivity contribution in [2.24, 2.45) is 7.05 Å². The van der Waals surface area contributed by atoms with Gasteiger partial charge in [0.15, 0.2) is 5.82 Å². The summed E-state index contributed by atoms with van der Waals surface area (Å²) in [4.78, 5) is 14.8. The van der Waals surface area contributed by atoms with E-state index < -0.39 is 0 Å². The van der Waals surface area contributed by atoms with E-state index in [1.165, 1.54) is 0 Å². The van der Waals surface area contributed by atoms with Crippen LogP contribution in [-0.2, 0) is 11.8 Å². The Balaban J connectivity index is 1.60. The highest BCUT2D eigenvalue weighted by Crippen LogP contribution is 2.21. The zero-order chi connectivity index (χ0) is 19.3.